The van der Waals surface area contributed by atoms with Crippen LogP contribution in [0.4, 0.5) is 4.79 Å². The zero-order chi connectivity index (χ0) is 18.3. The van der Waals surface area contributed by atoms with E-state index in [9.17, 15) is 14.4 Å². The smallest absolute Gasteiger partial charge is 0.290 e. The van der Waals surface area contributed by atoms with Crippen LogP contribution in [0.15, 0.2) is 57.9 Å². The highest BCUT2D eigenvalue weighted by Crippen LogP contribution is 2.28. The molecule has 1 N–H and O–H groups in total. The molecule has 3 aromatic rings. The first-order valence-corrected chi connectivity index (χ1v) is 8.78. The highest BCUT2D eigenvalue weighted by atomic mass is 35.5. The van der Waals surface area contributed by atoms with Gasteiger partial charge >= 0.3 is 0 Å². The van der Waals surface area contributed by atoms with Crippen molar-refractivity contribution in [3.63, 3.8) is 0 Å². The van der Waals surface area contributed by atoms with Gasteiger partial charge in [-0.05, 0) is 53.7 Å². The van der Waals surface area contributed by atoms with Crippen LogP contribution in [0.25, 0.3) is 17.0 Å². The van der Waals surface area contributed by atoms with Crippen molar-refractivity contribution in [1.29, 1.82) is 0 Å². The van der Waals surface area contributed by atoms with Crippen LogP contribution in [0.1, 0.15) is 21.7 Å². The molecular formula is C19H10ClNO4S. The second-order valence-electron chi connectivity index (χ2n) is 5.60. The molecule has 128 valence electrons. The van der Waals surface area contributed by atoms with E-state index in [1.54, 1.807) is 54.6 Å². The number of hydrogen-bond donors (Lipinski definition) is 1. The molecule has 0 bridgehead atoms. The number of carbonyl (C=O) groups excluding carboxylic acids is 3. The Kier molecular flexibility index (Phi) is 4.14. The van der Waals surface area contributed by atoms with Crippen molar-refractivity contribution in [2.24, 2.45) is 0 Å². The van der Waals surface area contributed by atoms with E-state index in [1.165, 1.54) is 0 Å². The summed E-state index contributed by atoms with van der Waals surface area (Å²) >= 11 is 6.79. The van der Waals surface area contributed by atoms with Gasteiger partial charge in [-0.2, -0.15) is 0 Å². The van der Waals surface area contributed by atoms with E-state index >= 15 is 0 Å². The second-order valence-corrected chi connectivity index (χ2v) is 7.05. The molecule has 0 aliphatic carbocycles. The molecule has 0 spiro atoms. The fourth-order valence-electron chi connectivity index (χ4n) is 2.61. The number of ketones is 1. The zero-order valence-electron chi connectivity index (χ0n) is 13.1. The minimum Gasteiger partial charge on any atom is -0.453 e. The summed E-state index contributed by atoms with van der Waals surface area (Å²) in [7, 11) is 0. The number of imide groups is 1. The Morgan fingerprint density at radius 3 is 2.69 bits per heavy atom. The molecule has 0 atom stereocenters. The molecule has 1 aromatic heterocycles. The highest BCUT2D eigenvalue weighted by molar-refractivity contribution is 8.18. The Balaban J connectivity index is 1.68. The molecule has 2 heterocycles. The lowest BCUT2D eigenvalue weighted by atomic mass is 10.1. The third-order valence-corrected chi connectivity index (χ3v) is 4.84. The summed E-state index contributed by atoms with van der Waals surface area (Å²) in [4.78, 5) is 35.7. The van der Waals surface area contributed by atoms with Gasteiger partial charge in [0, 0.05) is 16.0 Å². The summed E-state index contributed by atoms with van der Waals surface area (Å²) in [6, 6.07) is 13.6. The lowest BCUT2D eigenvalue weighted by Crippen LogP contribution is -2.17. The summed E-state index contributed by atoms with van der Waals surface area (Å²) in [6.45, 7) is 0. The molecule has 4 rings (SSSR count). The number of hydrogen-bond acceptors (Lipinski definition) is 5. The Hall–Kier alpha value is -2.83. The fourth-order valence-corrected chi connectivity index (χ4v) is 3.48. The van der Waals surface area contributed by atoms with Crippen molar-refractivity contribution < 1.29 is 18.8 Å². The largest absolute Gasteiger partial charge is 0.453 e. The molecular weight excluding hydrogens is 374 g/mol. The van der Waals surface area contributed by atoms with Crippen molar-refractivity contribution in [2.75, 3.05) is 0 Å². The third kappa shape index (κ3) is 3.16. The number of halogens is 1. The lowest BCUT2D eigenvalue weighted by Gasteiger charge is -1.97. The van der Waals surface area contributed by atoms with Gasteiger partial charge in [0.1, 0.15) is 5.58 Å². The molecule has 1 aliphatic rings. The van der Waals surface area contributed by atoms with E-state index in [4.69, 9.17) is 16.0 Å². The zero-order valence-corrected chi connectivity index (χ0v) is 14.7. The van der Waals surface area contributed by atoms with E-state index in [2.05, 4.69) is 5.32 Å². The minimum atomic E-state index is -0.413. The molecule has 0 radical (unpaired) electrons. The van der Waals surface area contributed by atoms with Crippen LogP contribution in [0.2, 0.25) is 5.02 Å². The SMILES string of the molecule is O=C1NC(=O)C(=Cc2ccc3oc(C(=O)c4cccc(Cl)c4)cc3c2)S1. The lowest BCUT2D eigenvalue weighted by molar-refractivity contribution is -0.115. The predicted molar refractivity (Wildman–Crippen MR) is 100 cm³/mol. The maximum atomic E-state index is 12.6. The summed E-state index contributed by atoms with van der Waals surface area (Å²) in [5, 5.41) is 3.02. The van der Waals surface area contributed by atoms with Gasteiger partial charge in [-0.1, -0.05) is 29.8 Å². The average molecular weight is 384 g/mol. The second kappa shape index (κ2) is 6.48. The van der Waals surface area contributed by atoms with E-state index in [1.807, 2.05) is 0 Å². The molecule has 0 saturated carbocycles. The van der Waals surface area contributed by atoms with Crippen LogP contribution in [0, 0.1) is 0 Å². The van der Waals surface area contributed by atoms with Crippen LogP contribution < -0.4 is 5.32 Å². The van der Waals surface area contributed by atoms with Gasteiger partial charge in [0.05, 0.1) is 4.91 Å². The molecule has 1 fully saturated rings. The monoisotopic (exact) mass is 383 g/mol. The minimum absolute atomic E-state index is 0.204. The van der Waals surface area contributed by atoms with Gasteiger partial charge in [-0.3, -0.25) is 19.7 Å². The number of nitrogens with one attached hydrogen (secondary N) is 1. The van der Waals surface area contributed by atoms with Crippen molar-refractivity contribution in [3.05, 3.63) is 75.3 Å². The molecule has 7 heteroatoms. The first-order valence-electron chi connectivity index (χ1n) is 7.58. The van der Waals surface area contributed by atoms with Crippen LogP contribution in [0.5, 0.6) is 0 Å². The summed E-state index contributed by atoms with van der Waals surface area (Å²) in [6.07, 6.45) is 1.62. The normalized spacial score (nSPS) is 15.7. The number of benzene rings is 2. The van der Waals surface area contributed by atoms with Crippen molar-refractivity contribution >= 4 is 57.3 Å². The van der Waals surface area contributed by atoms with Crippen LogP contribution >= 0.6 is 23.4 Å². The van der Waals surface area contributed by atoms with E-state index < -0.39 is 5.91 Å². The van der Waals surface area contributed by atoms with E-state index in [0.717, 1.165) is 22.7 Å². The predicted octanol–water partition coefficient (Wildman–Crippen LogP) is 4.64. The van der Waals surface area contributed by atoms with Crippen molar-refractivity contribution in [1.82, 2.24) is 5.32 Å². The molecule has 2 aromatic carbocycles. The number of fused-ring (bicyclic) bond motifs is 1. The Morgan fingerprint density at radius 2 is 1.96 bits per heavy atom. The van der Waals surface area contributed by atoms with E-state index in [0.29, 0.717) is 21.1 Å². The topological polar surface area (TPSA) is 76.4 Å². The summed E-state index contributed by atoms with van der Waals surface area (Å²) in [5.41, 5.74) is 1.72. The van der Waals surface area contributed by atoms with E-state index in [-0.39, 0.29) is 16.8 Å². The standard InChI is InChI=1S/C19H10ClNO4S/c20-13-3-1-2-11(8-13)17(22)15-9-12-6-10(4-5-14(12)25-15)7-16-18(23)21-19(24)26-16/h1-9H,(H,21,23,24). The van der Waals surface area contributed by atoms with Crippen molar-refractivity contribution in [2.45, 2.75) is 0 Å². The first-order chi connectivity index (χ1) is 12.5. The van der Waals surface area contributed by atoms with Gasteiger partial charge in [0.25, 0.3) is 11.1 Å². The van der Waals surface area contributed by atoms with Gasteiger partial charge < -0.3 is 4.42 Å². The number of carbonyl (C=O) groups is 3. The Morgan fingerprint density at radius 1 is 1.12 bits per heavy atom. The Labute approximate surface area is 157 Å². The van der Waals surface area contributed by atoms with Crippen LogP contribution in [-0.4, -0.2) is 16.9 Å². The van der Waals surface area contributed by atoms with Crippen LogP contribution in [-0.2, 0) is 4.79 Å². The number of thioether (sulfide) groups is 1. The molecule has 1 saturated heterocycles. The molecule has 1 aliphatic heterocycles. The molecule has 5 nitrogen and oxygen atoms in total. The average Bonchev–Trinajstić information content (AvgIpc) is 3.16. The van der Waals surface area contributed by atoms with Crippen molar-refractivity contribution in [3.8, 4) is 0 Å². The summed E-state index contributed by atoms with van der Waals surface area (Å²) < 4.78 is 5.64. The molecule has 26 heavy (non-hydrogen) atoms. The summed E-state index contributed by atoms with van der Waals surface area (Å²) in [5.74, 6) is -0.473. The Bertz CT molecular complexity index is 1120. The number of rotatable bonds is 3. The first kappa shape index (κ1) is 16.6. The van der Waals surface area contributed by atoms with Gasteiger partial charge in [0.15, 0.2) is 5.76 Å². The highest BCUT2D eigenvalue weighted by Gasteiger charge is 2.25. The van der Waals surface area contributed by atoms with Gasteiger partial charge in [-0.15, -0.1) is 0 Å². The number of amides is 2. The quantitative estimate of drug-likeness (QED) is 0.526. The van der Waals surface area contributed by atoms with Gasteiger partial charge in [-0.25, -0.2) is 0 Å². The van der Waals surface area contributed by atoms with Crippen LogP contribution in [0.3, 0.4) is 0 Å². The maximum absolute atomic E-state index is 12.6. The third-order valence-electron chi connectivity index (χ3n) is 3.79. The molecule has 0 unspecified atom stereocenters. The fraction of sp³-hybridized carbons (Fsp3) is 0. The van der Waals surface area contributed by atoms with Gasteiger partial charge in [0.2, 0.25) is 5.78 Å². The maximum Gasteiger partial charge on any atom is 0.290 e. The number of furan rings is 1. The molecule has 2 amide bonds.